The average Bonchev–Trinajstić information content (AvgIpc) is 3.15. The highest BCUT2D eigenvalue weighted by atomic mass is 35.5. The van der Waals surface area contributed by atoms with Crippen molar-refractivity contribution >= 4 is 17.5 Å². The molecule has 0 unspecified atom stereocenters. The number of ether oxygens (including phenoxy) is 2. The molecule has 0 aliphatic carbocycles. The summed E-state index contributed by atoms with van der Waals surface area (Å²) in [6.07, 6.45) is 0.129. The van der Waals surface area contributed by atoms with E-state index in [-0.39, 0.29) is 12.3 Å². The van der Waals surface area contributed by atoms with Gasteiger partial charge in [0, 0.05) is 23.2 Å². The summed E-state index contributed by atoms with van der Waals surface area (Å²) in [5, 5.41) is 7.48. The van der Waals surface area contributed by atoms with E-state index in [2.05, 4.69) is 10.5 Å². The van der Waals surface area contributed by atoms with Crippen LogP contribution < -0.4 is 14.8 Å². The molecule has 0 bridgehead atoms. The van der Waals surface area contributed by atoms with Gasteiger partial charge in [-0.3, -0.25) is 4.79 Å². The lowest BCUT2D eigenvalue weighted by atomic mass is 10.1. The van der Waals surface area contributed by atoms with Crippen LogP contribution >= 0.6 is 11.6 Å². The zero-order valence-electron chi connectivity index (χ0n) is 15.0. The van der Waals surface area contributed by atoms with Crippen LogP contribution in [0.25, 0.3) is 11.3 Å². The highest BCUT2D eigenvalue weighted by Crippen LogP contribution is 2.32. The van der Waals surface area contributed by atoms with Crippen molar-refractivity contribution in [1.82, 2.24) is 10.5 Å². The number of nitrogens with zero attached hydrogens (tertiary/aromatic N) is 1. The van der Waals surface area contributed by atoms with Crippen LogP contribution in [0.2, 0.25) is 5.02 Å². The Morgan fingerprint density at radius 2 is 1.81 bits per heavy atom. The van der Waals surface area contributed by atoms with E-state index in [0.29, 0.717) is 34.5 Å². The number of halogens is 1. The number of methoxy groups -OCH3 is 2. The lowest BCUT2D eigenvalue weighted by molar-refractivity contribution is -0.120. The summed E-state index contributed by atoms with van der Waals surface area (Å²) in [5.41, 5.74) is 2.31. The minimum atomic E-state index is -0.142. The number of nitrogens with one attached hydrogen (secondary N) is 1. The van der Waals surface area contributed by atoms with E-state index in [0.717, 1.165) is 11.1 Å². The van der Waals surface area contributed by atoms with Crippen LogP contribution in [0.1, 0.15) is 11.3 Å². The Hall–Kier alpha value is -2.99. The van der Waals surface area contributed by atoms with Crippen LogP contribution in [-0.2, 0) is 17.8 Å². The largest absolute Gasteiger partial charge is 0.493 e. The van der Waals surface area contributed by atoms with Gasteiger partial charge >= 0.3 is 0 Å². The maximum Gasteiger partial charge on any atom is 0.226 e. The first-order valence-corrected chi connectivity index (χ1v) is 8.66. The third-order valence-corrected chi connectivity index (χ3v) is 4.22. The molecule has 0 radical (unpaired) electrons. The third kappa shape index (κ3) is 4.80. The van der Waals surface area contributed by atoms with Gasteiger partial charge in [-0.15, -0.1) is 0 Å². The molecule has 0 saturated carbocycles. The van der Waals surface area contributed by atoms with Crippen molar-refractivity contribution < 1.29 is 18.8 Å². The molecule has 1 amide bonds. The molecule has 0 fully saturated rings. The molecular formula is C20H19ClN2O4. The summed E-state index contributed by atoms with van der Waals surface area (Å²) in [6.45, 7) is 0.427. The zero-order chi connectivity index (χ0) is 19.2. The summed E-state index contributed by atoms with van der Waals surface area (Å²) >= 11 is 5.85. The van der Waals surface area contributed by atoms with Gasteiger partial charge in [-0.25, -0.2) is 0 Å². The summed E-state index contributed by atoms with van der Waals surface area (Å²) in [6, 6.07) is 14.5. The van der Waals surface area contributed by atoms with E-state index in [1.54, 1.807) is 44.6 Å². The Balaban J connectivity index is 1.62. The molecule has 7 heteroatoms. The first kappa shape index (κ1) is 18.8. The number of carbonyl (C=O) groups excluding carboxylic acids is 1. The highest BCUT2D eigenvalue weighted by Gasteiger charge is 2.13. The fourth-order valence-corrected chi connectivity index (χ4v) is 2.68. The second kappa shape index (κ2) is 8.60. The number of amides is 1. The van der Waals surface area contributed by atoms with Gasteiger partial charge in [0.25, 0.3) is 0 Å². The molecule has 0 saturated heterocycles. The van der Waals surface area contributed by atoms with E-state index >= 15 is 0 Å². The van der Waals surface area contributed by atoms with Crippen molar-refractivity contribution in [3.63, 3.8) is 0 Å². The number of aromatic nitrogens is 1. The van der Waals surface area contributed by atoms with Crippen molar-refractivity contribution in [3.05, 3.63) is 64.8 Å². The molecule has 6 nitrogen and oxygen atoms in total. The Morgan fingerprint density at radius 3 is 2.52 bits per heavy atom. The predicted molar refractivity (Wildman–Crippen MR) is 102 cm³/mol. The van der Waals surface area contributed by atoms with E-state index in [4.69, 9.17) is 25.6 Å². The molecule has 140 valence electrons. The highest BCUT2D eigenvalue weighted by molar-refractivity contribution is 6.30. The van der Waals surface area contributed by atoms with Crippen molar-refractivity contribution in [2.75, 3.05) is 14.2 Å². The number of hydrogen-bond donors (Lipinski definition) is 1. The van der Waals surface area contributed by atoms with Gasteiger partial charge in [0.05, 0.1) is 26.3 Å². The van der Waals surface area contributed by atoms with Gasteiger partial charge in [-0.1, -0.05) is 28.9 Å². The number of benzene rings is 2. The van der Waals surface area contributed by atoms with Crippen molar-refractivity contribution in [2.24, 2.45) is 0 Å². The summed E-state index contributed by atoms with van der Waals surface area (Å²) in [5.74, 6) is 1.63. The molecule has 2 aromatic carbocycles. The van der Waals surface area contributed by atoms with Crippen LogP contribution in [0, 0.1) is 0 Å². The maximum atomic E-state index is 12.1. The molecule has 1 N–H and O–H groups in total. The van der Waals surface area contributed by atoms with Crippen LogP contribution in [0.3, 0.4) is 0 Å². The monoisotopic (exact) mass is 386 g/mol. The van der Waals surface area contributed by atoms with Gasteiger partial charge in [0.2, 0.25) is 5.91 Å². The van der Waals surface area contributed by atoms with Crippen LogP contribution in [-0.4, -0.2) is 25.3 Å². The predicted octanol–water partition coefficient (Wildman–Crippen LogP) is 3.87. The van der Waals surface area contributed by atoms with Crippen molar-refractivity contribution in [1.29, 1.82) is 0 Å². The van der Waals surface area contributed by atoms with Crippen molar-refractivity contribution in [2.45, 2.75) is 13.0 Å². The Kier molecular flexibility index (Phi) is 5.98. The van der Waals surface area contributed by atoms with Crippen LogP contribution in [0.5, 0.6) is 11.5 Å². The van der Waals surface area contributed by atoms with Crippen LogP contribution in [0.15, 0.2) is 53.1 Å². The van der Waals surface area contributed by atoms with E-state index in [1.807, 2.05) is 18.2 Å². The molecule has 3 rings (SSSR count). The minimum absolute atomic E-state index is 0.129. The molecule has 1 aromatic heterocycles. The van der Waals surface area contributed by atoms with Gasteiger partial charge in [-0.05, 0) is 35.9 Å². The SMILES string of the molecule is COc1ccc(-c2cc(CC(=O)NCc3ccc(Cl)cc3)no2)cc1OC. The molecule has 3 aromatic rings. The summed E-state index contributed by atoms with van der Waals surface area (Å²) in [4.78, 5) is 12.1. The van der Waals surface area contributed by atoms with Crippen molar-refractivity contribution in [3.8, 4) is 22.8 Å². The summed E-state index contributed by atoms with van der Waals surface area (Å²) < 4.78 is 15.9. The van der Waals surface area contributed by atoms with Gasteiger partial charge < -0.3 is 19.3 Å². The molecule has 0 spiro atoms. The quantitative estimate of drug-likeness (QED) is 0.667. The minimum Gasteiger partial charge on any atom is -0.493 e. The number of carbonyl (C=O) groups is 1. The fourth-order valence-electron chi connectivity index (χ4n) is 2.55. The van der Waals surface area contributed by atoms with Gasteiger partial charge in [0.15, 0.2) is 17.3 Å². The van der Waals surface area contributed by atoms with E-state index in [1.165, 1.54) is 0 Å². The smallest absolute Gasteiger partial charge is 0.226 e. The zero-order valence-corrected chi connectivity index (χ0v) is 15.7. The Labute approximate surface area is 162 Å². The van der Waals surface area contributed by atoms with Crippen LogP contribution in [0.4, 0.5) is 0 Å². The molecular weight excluding hydrogens is 368 g/mol. The second-order valence-electron chi connectivity index (χ2n) is 5.83. The van der Waals surface area contributed by atoms with E-state index in [9.17, 15) is 4.79 Å². The second-order valence-corrected chi connectivity index (χ2v) is 6.27. The average molecular weight is 387 g/mol. The molecule has 1 heterocycles. The topological polar surface area (TPSA) is 73.6 Å². The van der Waals surface area contributed by atoms with Gasteiger partial charge in [0.1, 0.15) is 0 Å². The Bertz CT molecular complexity index is 922. The maximum absolute atomic E-state index is 12.1. The standard InChI is InChI=1S/C20H19ClN2O4/c1-25-17-8-5-14(9-19(17)26-2)18-10-16(23-27-18)11-20(24)22-12-13-3-6-15(21)7-4-13/h3-10H,11-12H2,1-2H3,(H,22,24). The first-order valence-electron chi connectivity index (χ1n) is 8.28. The number of hydrogen-bond acceptors (Lipinski definition) is 5. The third-order valence-electron chi connectivity index (χ3n) is 3.97. The fraction of sp³-hybridized carbons (Fsp3) is 0.200. The van der Waals surface area contributed by atoms with E-state index < -0.39 is 0 Å². The molecule has 0 aliphatic rings. The Morgan fingerprint density at radius 1 is 1.07 bits per heavy atom. The summed E-state index contributed by atoms with van der Waals surface area (Å²) in [7, 11) is 3.14. The first-order chi connectivity index (χ1) is 13.1. The molecule has 27 heavy (non-hydrogen) atoms. The van der Waals surface area contributed by atoms with Gasteiger partial charge in [-0.2, -0.15) is 0 Å². The molecule has 0 atom stereocenters. The normalized spacial score (nSPS) is 10.5. The lowest BCUT2D eigenvalue weighted by Gasteiger charge is -2.07. The number of rotatable bonds is 7. The molecule has 0 aliphatic heterocycles. The lowest BCUT2D eigenvalue weighted by Crippen LogP contribution is -2.24.